The first-order valence-corrected chi connectivity index (χ1v) is 8.72. The molecule has 0 atom stereocenters. The molecule has 2 heterocycles. The molecule has 24 heavy (non-hydrogen) atoms. The Hall–Kier alpha value is -1.63. The normalized spacial score (nSPS) is 20.1. The van der Waals surface area contributed by atoms with E-state index in [0.717, 1.165) is 71.3 Å². The van der Waals surface area contributed by atoms with Gasteiger partial charge in [-0.2, -0.15) is 0 Å². The molecule has 6 nitrogen and oxygen atoms in total. The van der Waals surface area contributed by atoms with Crippen molar-refractivity contribution in [1.82, 2.24) is 14.7 Å². The van der Waals surface area contributed by atoms with Crippen LogP contribution in [-0.4, -0.2) is 93.3 Å². The predicted molar refractivity (Wildman–Crippen MR) is 92.6 cm³/mol. The van der Waals surface area contributed by atoms with Gasteiger partial charge in [0.2, 0.25) is 0 Å². The Morgan fingerprint density at radius 1 is 1.04 bits per heavy atom. The number of methoxy groups -OCH3 is 1. The molecule has 2 aliphatic rings. The Labute approximate surface area is 143 Å². The van der Waals surface area contributed by atoms with E-state index in [9.17, 15) is 4.79 Å². The van der Waals surface area contributed by atoms with Gasteiger partial charge in [-0.05, 0) is 18.2 Å². The van der Waals surface area contributed by atoms with Crippen molar-refractivity contribution < 1.29 is 14.3 Å². The smallest absolute Gasteiger partial charge is 0.254 e. The first-order valence-electron chi connectivity index (χ1n) is 8.72. The molecule has 0 saturated carbocycles. The lowest BCUT2D eigenvalue weighted by atomic mass is 10.1. The number of nitrogens with zero attached hydrogens (tertiary/aromatic N) is 3. The zero-order valence-electron chi connectivity index (χ0n) is 14.4. The number of hydrogen-bond donors (Lipinski definition) is 0. The topological polar surface area (TPSA) is 45.2 Å². The molecule has 6 heteroatoms. The SMILES string of the molecule is COc1cccc(C(=O)N2CCN(CCN3CCOCC3)CC2)c1. The second kappa shape index (κ2) is 8.46. The highest BCUT2D eigenvalue weighted by atomic mass is 16.5. The van der Waals surface area contributed by atoms with Gasteiger partial charge in [0.05, 0.1) is 20.3 Å². The molecule has 1 aromatic carbocycles. The summed E-state index contributed by atoms with van der Waals surface area (Å²) in [5.74, 6) is 0.826. The fourth-order valence-electron chi connectivity index (χ4n) is 3.22. The van der Waals surface area contributed by atoms with Crippen LogP contribution in [0, 0.1) is 0 Å². The Morgan fingerprint density at radius 3 is 2.38 bits per heavy atom. The van der Waals surface area contributed by atoms with Gasteiger partial charge in [-0.3, -0.25) is 14.6 Å². The third kappa shape index (κ3) is 4.47. The molecule has 3 rings (SSSR count). The molecule has 132 valence electrons. The molecule has 0 aliphatic carbocycles. The second-order valence-electron chi connectivity index (χ2n) is 6.32. The quantitative estimate of drug-likeness (QED) is 0.797. The fraction of sp³-hybridized carbons (Fsp3) is 0.611. The van der Waals surface area contributed by atoms with Gasteiger partial charge < -0.3 is 14.4 Å². The van der Waals surface area contributed by atoms with Crippen molar-refractivity contribution in [2.45, 2.75) is 0 Å². The summed E-state index contributed by atoms with van der Waals surface area (Å²) in [6, 6.07) is 7.40. The van der Waals surface area contributed by atoms with Crippen LogP contribution in [0.4, 0.5) is 0 Å². The van der Waals surface area contributed by atoms with Crippen molar-refractivity contribution in [2.24, 2.45) is 0 Å². The molecule has 0 N–H and O–H groups in total. The highest BCUT2D eigenvalue weighted by Gasteiger charge is 2.22. The minimum Gasteiger partial charge on any atom is -0.497 e. The molecule has 1 aromatic rings. The minimum absolute atomic E-state index is 0.0988. The number of benzene rings is 1. The number of piperazine rings is 1. The summed E-state index contributed by atoms with van der Waals surface area (Å²) in [6.45, 7) is 9.40. The van der Waals surface area contributed by atoms with Crippen LogP contribution in [0.5, 0.6) is 5.75 Å². The van der Waals surface area contributed by atoms with Crippen LogP contribution in [0.3, 0.4) is 0 Å². The second-order valence-corrected chi connectivity index (χ2v) is 6.32. The zero-order chi connectivity index (χ0) is 16.8. The number of carbonyl (C=O) groups is 1. The van der Waals surface area contributed by atoms with Crippen LogP contribution in [0.15, 0.2) is 24.3 Å². The van der Waals surface area contributed by atoms with E-state index in [2.05, 4.69) is 9.80 Å². The average molecular weight is 333 g/mol. The van der Waals surface area contributed by atoms with E-state index in [1.807, 2.05) is 29.2 Å². The minimum atomic E-state index is 0.0988. The lowest BCUT2D eigenvalue weighted by Crippen LogP contribution is -2.51. The molecule has 0 spiro atoms. The summed E-state index contributed by atoms with van der Waals surface area (Å²) in [6.07, 6.45) is 0. The number of amides is 1. The Bertz CT molecular complexity index is 538. The van der Waals surface area contributed by atoms with Gasteiger partial charge in [-0.1, -0.05) is 6.07 Å². The van der Waals surface area contributed by atoms with Crippen LogP contribution in [0.1, 0.15) is 10.4 Å². The van der Waals surface area contributed by atoms with E-state index in [0.29, 0.717) is 5.56 Å². The third-order valence-electron chi connectivity index (χ3n) is 4.81. The molecule has 2 fully saturated rings. The summed E-state index contributed by atoms with van der Waals surface area (Å²) < 4.78 is 10.6. The number of rotatable bonds is 5. The summed E-state index contributed by atoms with van der Waals surface area (Å²) in [4.78, 5) is 19.5. The molecule has 0 radical (unpaired) electrons. The van der Waals surface area contributed by atoms with Crippen molar-refractivity contribution in [1.29, 1.82) is 0 Å². The standard InChI is InChI=1S/C18H27N3O3/c1-23-17-4-2-3-16(15-17)18(22)21-9-7-19(8-10-21)5-6-20-11-13-24-14-12-20/h2-4,15H,5-14H2,1H3. The summed E-state index contributed by atoms with van der Waals surface area (Å²) >= 11 is 0. The monoisotopic (exact) mass is 333 g/mol. The first-order chi connectivity index (χ1) is 11.8. The maximum atomic E-state index is 12.6. The van der Waals surface area contributed by atoms with Crippen LogP contribution < -0.4 is 4.74 Å². The zero-order valence-corrected chi connectivity index (χ0v) is 14.4. The maximum absolute atomic E-state index is 12.6. The average Bonchev–Trinajstić information content (AvgIpc) is 2.67. The molecule has 0 aromatic heterocycles. The largest absolute Gasteiger partial charge is 0.497 e. The molecule has 2 saturated heterocycles. The van der Waals surface area contributed by atoms with Gasteiger partial charge in [-0.15, -0.1) is 0 Å². The Kier molecular flexibility index (Phi) is 6.07. The van der Waals surface area contributed by atoms with E-state index < -0.39 is 0 Å². The van der Waals surface area contributed by atoms with E-state index in [4.69, 9.17) is 9.47 Å². The lowest BCUT2D eigenvalue weighted by Gasteiger charge is -2.36. The summed E-state index contributed by atoms with van der Waals surface area (Å²) in [5, 5.41) is 0. The molecule has 2 aliphatic heterocycles. The summed E-state index contributed by atoms with van der Waals surface area (Å²) in [5.41, 5.74) is 0.705. The van der Waals surface area contributed by atoms with Gasteiger partial charge in [0.15, 0.2) is 0 Å². The van der Waals surface area contributed by atoms with Crippen molar-refractivity contribution in [3.05, 3.63) is 29.8 Å². The van der Waals surface area contributed by atoms with Crippen LogP contribution in [0.2, 0.25) is 0 Å². The van der Waals surface area contributed by atoms with Gasteiger partial charge in [0.25, 0.3) is 5.91 Å². The number of carbonyl (C=O) groups excluding carboxylic acids is 1. The van der Waals surface area contributed by atoms with Crippen molar-refractivity contribution in [3.8, 4) is 5.75 Å². The van der Waals surface area contributed by atoms with E-state index in [1.165, 1.54) is 0 Å². The lowest BCUT2D eigenvalue weighted by molar-refractivity contribution is 0.0293. The van der Waals surface area contributed by atoms with Crippen LogP contribution >= 0.6 is 0 Å². The number of hydrogen-bond acceptors (Lipinski definition) is 5. The molecule has 0 bridgehead atoms. The van der Waals surface area contributed by atoms with E-state index in [-0.39, 0.29) is 5.91 Å². The van der Waals surface area contributed by atoms with Crippen LogP contribution in [0.25, 0.3) is 0 Å². The van der Waals surface area contributed by atoms with E-state index >= 15 is 0 Å². The molecule has 0 unspecified atom stereocenters. The summed E-state index contributed by atoms with van der Waals surface area (Å²) in [7, 11) is 1.62. The Balaban J connectivity index is 1.44. The highest BCUT2D eigenvalue weighted by molar-refractivity contribution is 5.94. The molecular weight excluding hydrogens is 306 g/mol. The predicted octanol–water partition coefficient (Wildman–Crippen LogP) is 0.785. The number of ether oxygens (including phenoxy) is 2. The van der Waals surface area contributed by atoms with Gasteiger partial charge in [-0.25, -0.2) is 0 Å². The fourth-order valence-corrected chi connectivity index (χ4v) is 3.22. The van der Waals surface area contributed by atoms with Gasteiger partial charge >= 0.3 is 0 Å². The Morgan fingerprint density at radius 2 is 1.71 bits per heavy atom. The van der Waals surface area contributed by atoms with Gasteiger partial charge in [0.1, 0.15) is 5.75 Å². The third-order valence-corrected chi connectivity index (χ3v) is 4.81. The van der Waals surface area contributed by atoms with Crippen LogP contribution in [-0.2, 0) is 4.74 Å². The maximum Gasteiger partial charge on any atom is 0.254 e. The first kappa shape index (κ1) is 17.2. The van der Waals surface area contributed by atoms with Crippen molar-refractivity contribution in [2.75, 3.05) is 72.7 Å². The molecule has 1 amide bonds. The van der Waals surface area contributed by atoms with E-state index in [1.54, 1.807) is 7.11 Å². The van der Waals surface area contributed by atoms with Crippen molar-refractivity contribution >= 4 is 5.91 Å². The number of morpholine rings is 1. The van der Waals surface area contributed by atoms with Crippen molar-refractivity contribution in [3.63, 3.8) is 0 Å². The molecular formula is C18H27N3O3. The van der Waals surface area contributed by atoms with Gasteiger partial charge in [0, 0.05) is 57.9 Å². The highest BCUT2D eigenvalue weighted by Crippen LogP contribution is 2.15.